The standard InChI is InChI=1S/C24H24N4O2/c29-24(30)22(12-19-16-26-21-9-5-4-8-20(19)21)25-13-18-14-27-23(28-15-18)11-10-17-6-2-1-3-7-17/h1-9,14-16,22,25-26H,10-13H2,(H,29,30). The number of hydrogen-bond donors (Lipinski definition) is 3. The van der Waals surface area contributed by atoms with Gasteiger partial charge < -0.3 is 10.1 Å². The molecule has 30 heavy (non-hydrogen) atoms. The number of hydrogen-bond acceptors (Lipinski definition) is 4. The van der Waals surface area contributed by atoms with Crippen molar-refractivity contribution in [1.29, 1.82) is 0 Å². The van der Waals surface area contributed by atoms with Crippen LogP contribution < -0.4 is 5.32 Å². The van der Waals surface area contributed by atoms with Gasteiger partial charge in [-0.15, -0.1) is 0 Å². The summed E-state index contributed by atoms with van der Waals surface area (Å²) in [4.78, 5) is 23.8. The summed E-state index contributed by atoms with van der Waals surface area (Å²) in [6, 6.07) is 17.5. The lowest BCUT2D eigenvalue weighted by molar-refractivity contribution is -0.139. The van der Waals surface area contributed by atoms with Gasteiger partial charge in [-0.3, -0.25) is 10.1 Å². The fraction of sp³-hybridized carbons (Fsp3) is 0.208. The Morgan fingerprint density at radius 3 is 2.47 bits per heavy atom. The summed E-state index contributed by atoms with van der Waals surface area (Å²) in [5, 5.41) is 13.8. The van der Waals surface area contributed by atoms with E-state index < -0.39 is 12.0 Å². The molecule has 2 aromatic carbocycles. The molecule has 6 heteroatoms. The van der Waals surface area contributed by atoms with Crippen LogP contribution in [0.15, 0.2) is 73.2 Å². The van der Waals surface area contributed by atoms with Crippen molar-refractivity contribution in [3.05, 3.63) is 95.7 Å². The molecule has 0 radical (unpaired) electrons. The van der Waals surface area contributed by atoms with E-state index in [-0.39, 0.29) is 0 Å². The Morgan fingerprint density at radius 2 is 1.70 bits per heavy atom. The van der Waals surface area contributed by atoms with Crippen molar-refractivity contribution in [3.8, 4) is 0 Å². The van der Waals surface area contributed by atoms with Crippen molar-refractivity contribution in [1.82, 2.24) is 20.3 Å². The van der Waals surface area contributed by atoms with Crippen LogP contribution in [0.3, 0.4) is 0 Å². The van der Waals surface area contributed by atoms with Gasteiger partial charge in [0.05, 0.1) is 0 Å². The number of carboxylic acids is 1. The van der Waals surface area contributed by atoms with Gasteiger partial charge in [0.2, 0.25) is 0 Å². The normalized spacial score (nSPS) is 12.1. The molecule has 0 spiro atoms. The zero-order chi connectivity index (χ0) is 20.8. The summed E-state index contributed by atoms with van der Waals surface area (Å²) >= 11 is 0. The van der Waals surface area contributed by atoms with Crippen LogP contribution in [0.25, 0.3) is 10.9 Å². The van der Waals surface area contributed by atoms with Crippen LogP contribution in [-0.2, 0) is 30.6 Å². The molecular weight excluding hydrogens is 376 g/mol. The molecule has 0 amide bonds. The maximum Gasteiger partial charge on any atom is 0.321 e. The largest absolute Gasteiger partial charge is 0.480 e. The molecule has 2 aromatic heterocycles. The first kappa shape index (κ1) is 19.8. The molecule has 6 nitrogen and oxygen atoms in total. The number of nitrogens with zero attached hydrogens (tertiary/aromatic N) is 2. The number of carboxylic acid groups (broad SMARTS) is 1. The lowest BCUT2D eigenvalue weighted by atomic mass is 10.0. The number of para-hydroxylation sites is 1. The number of H-pyrrole nitrogens is 1. The molecular formula is C24H24N4O2. The average molecular weight is 400 g/mol. The molecule has 1 atom stereocenters. The smallest absolute Gasteiger partial charge is 0.321 e. The van der Waals surface area contributed by atoms with Gasteiger partial charge in [0.1, 0.15) is 11.9 Å². The average Bonchev–Trinajstić information content (AvgIpc) is 3.19. The van der Waals surface area contributed by atoms with Crippen LogP contribution in [0.5, 0.6) is 0 Å². The number of aromatic nitrogens is 3. The molecule has 0 aliphatic heterocycles. The number of aliphatic carboxylic acids is 1. The Balaban J connectivity index is 1.34. The minimum Gasteiger partial charge on any atom is -0.480 e. The lowest BCUT2D eigenvalue weighted by Gasteiger charge is -2.14. The maximum absolute atomic E-state index is 11.8. The molecule has 0 saturated heterocycles. The fourth-order valence-electron chi connectivity index (χ4n) is 3.51. The van der Waals surface area contributed by atoms with E-state index in [1.54, 1.807) is 12.4 Å². The number of carbonyl (C=O) groups is 1. The number of aromatic amines is 1. The van der Waals surface area contributed by atoms with Gasteiger partial charge >= 0.3 is 5.97 Å². The van der Waals surface area contributed by atoms with Crippen molar-refractivity contribution in [2.75, 3.05) is 0 Å². The van der Waals surface area contributed by atoms with Gasteiger partial charge in [0.15, 0.2) is 0 Å². The molecule has 2 heterocycles. The van der Waals surface area contributed by atoms with Crippen LogP contribution in [0.2, 0.25) is 0 Å². The lowest BCUT2D eigenvalue weighted by Crippen LogP contribution is -2.38. The zero-order valence-corrected chi connectivity index (χ0v) is 16.6. The highest BCUT2D eigenvalue weighted by Crippen LogP contribution is 2.19. The van der Waals surface area contributed by atoms with E-state index in [1.165, 1.54) is 5.56 Å². The topological polar surface area (TPSA) is 90.9 Å². The van der Waals surface area contributed by atoms with Gasteiger partial charge in [-0.1, -0.05) is 48.5 Å². The van der Waals surface area contributed by atoms with Crippen LogP contribution in [0, 0.1) is 0 Å². The Hall–Kier alpha value is -3.51. The van der Waals surface area contributed by atoms with Crippen LogP contribution in [0.1, 0.15) is 22.5 Å². The monoisotopic (exact) mass is 400 g/mol. The second-order valence-electron chi connectivity index (χ2n) is 7.33. The molecule has 4 rings (SSSR count). The zero-order valence-electron chi connectivity index (χ0n) is 16.6. The third-order valence-corrected chi connectivity index (χ3v) is 5.19. The molecule has 0 aliphatic carbocycles. The van der Waals surface area contributed by atoms with E-state index in [9.17, 15) is 9.90 Å². The number of nitrogens with one attached hydrogen (secondary N) is 2. The highest BCUT2D eigenvalue weighted by molar-refractivity contribution is 5.84. The minimum atomic E-state index is -0.874. The highest BCUT2D eigenvalue weighted by atomic mass is 16.4. The van der Waals surface area contributed by atoms with Gasteiger partial charge in [-0.2, -0.15) is 0 Å². The van der Waals surface area contributed by atoms with Gasteiger partial charge in [0.25, 0.3) is 0 Å². The molecule has 1 unspecified atom stereocenters. The molecule has 3 N–H and O–H groups in total. The fourth-order valence-corrected chi connectivity index (χ4v) is 3.51. The van der Waals surface area contributed by atoms with E-state index in [1.807, 2.05) is 48.7 Å². The van der Waals surface area contributed by atoms with E-state index in [2.05, 4.69) is 32.4 Å². The third-order valence-electron chi connectivity index (χ3n) is 5.19. The molecule has 0 bridgehead atoms. The van der Waals surface area contributed by atoms with Gasteiger partial charge in [-0.25, -0.2) is 9.97 Å². The first-order valence-electron chi connectivity index (χ1n) is 10.0. The summed E-state index contributed by atoms with van der Waals surface area (Å²) in [7, 11) is 0. The van der Waals surface area contributed by atoms with Crippen molar-refractivity contribution < 1.29 is 9.90 Å². The summed E-state index contributed by atoms with van der Waals surface area (Å²) in [5.41, 5.74) is 4.12. The summed E-state index contributed by atoms with van der Waals surface area (Å²) in [5.74, 6) is -0.0862. The first-order chi connectivity index (χ1) is 14.7. The molecule has 0 aliphatic rings. The second-order valence-corrected chi connectivity index (χ2v) is 7.33. The van der Waals surface area contributed by atoms with Crippen LogP contribution >= 0.6 is 0 Å². The van der Waals surface area contributed by atoms with Crippen LogP contribution in [-0.4, -0.2) is 32.1 Å². The second kappa shape index (κ2) is 9.33. The quantitative estimate of drug-likeness (QED) is 0.400. The summed E-state index contributed by atoms with van der Waals surface area (Å²) < 4.78 is 0. The summed E-state index contributed by atoms with van der Waals surface area (Å²) in [6.45, 7) is 0.401. The van der Waals surface area contributed by atoms with Crippen molar-refractivity contribution in [2.24, 2.45) is 0 Å². The SMILES string of the molecule is O=C(O)C(Cc1c[nH]c2ccccc12)NCc1cnc(CCc2ccccc2)nc1. The Morgan fingerprint density at radius 1 is 0.967 bits per heavy atom. The number of rotatable bonds is 9. The molecule has 152 valence electrons. The summed E-state index contributed by atoms with van der Waals surface area (Å²) in [6.07, 6.45) is 7.48. The molecule has 0 fully saturated rings. The number of fused-ring (bicyclic) bond motifs is 1. The van der Waals surface area contributed by atoms with Crippen LogP contribution in [0.4, 0.5) is 0 Å². The highest BCUT2D eigenvalue weighted by Gasteiger charge is 2.19. The number of benzene rings is 2. The minimum absolute atomic E-state index is 0.398. The molecule has 4 aromatic rings. The maximum atomic E-state index is 11.8. The van der Waals surface area contributed by atoms with Crippen molar-refractivity contribution >= 4 is 16.9 Å². The predicted octanol–water partition coefficient (Wildman–Crippen LogP) is 3.53. The van der Waals surface area contributed by atoms with E-state index >= 15 is 0 Å². The molecule has 0 saturated carbocycles. The first-order valence-corrected chi connectivity index (χ1v) is 10.0. The van der Waals surface area contributed by atoms with E-state index in [0.29, 0.717) is 13.0 Å². The Labute approximate surface area is 175 Å². The van der Waals surface area contributed by atoms with Gasteiger partial charge in [-0.05, 0) is 23.6 Å². The Kier molecular flexibility index (Phi) is 6.15. The van der Waals surface area contributed by atoms with E-state index in [4.69, 9.17) is 0 Å². The third kappa shape index (κ3) is 4.90. The number of aryl methyl sites for hydroxylation is 2. The Bertz CT molecular complexity index is 1110. The predicted molar refractivity (Wildman–Crippen MR) is 116 cm³/mol. The van der Waals surface area contributed by atoms with E-state index in [0.717, 1.165) is 40.7 Å². The van der Waals surface area contributed by atoms with Gasteiger partial charge in [0, 0.05) is 54.4 Å². The van der Waals surface area contributed by atoms with Crippen molar-refractivity contribution in [2.45, 2.75) is 31.8 Å². The van der Waals surface area contributed by atoms with Crippen molar-refractivity contribution in [3.63, 3.8) is 0 Å².